The number of nitrogens with one attached hydrogen (secondary N) is 2. The number of benzene rings is 2. The van der Waals surface area contributed by atoms with Crippen molar-refractivity contribution < 1.29 is 4.79 Å². The van der Waals surface area contributed by atoms with E-state index >= 15 is 0 Å². The van der Waals surface area contributed by atoms with Gasteiger partial charge in [-0.1, -0.05) is 30.3 Å². The summed E-state index contributed by atoms with van der Waals surface area (Å²) in [4.78, 5) is 18.7. The molecule has 0 saturated carbocycles. The van der Waals surface area contributed by atoms with Crippen molar-refractivity contribution >= 4 is 23.0 Å². The number of nitrogens with zero attached hydrogens (tertiary/aromatic N) is 2. The minimum absolute atomic E-state index is 0.223. The molecule has 2 aromatic carbocycles. The number of anilines is 3. The van der Waals surface area contributed by atoms with Crippen molar-refractivity contribution in [2.45, 2.75) is 6.42 Å². The van der Waals surface area contributed by atoms with Crippen LogP contribution in [0.2, 0.25) is 0 Å². The van der Waals surface area contributed by atoms with Crippen molar-refractivity contribution in [3.05, 3.63) is 84.2 Å². The van der Waals surface area contributed by atoms with Gasteiger partial charge in [-0.15, -0.1) is 0 Å². The number of hydrogen-bond donors (Lipinski definition) is 2. The Morgan fingerprint density at radius 3 is 2.41 bits per heavy atom. The van der Waals surface area contributed by atoms with E-state index in [4.69, 9.17) is 0 Å². The van der Waals surface area contributed by atoms with Gasteiger partial charge in [0.25, 0.3) is 5.91 Å². The van der Waals surface area contributed by atoms with E-state index in [-0.39, 0.29) is 5.91 Å². The highest BCUT2D eigenvalue weighted by Gasteiger charge is 2.09. The Morgan fingerprint density at radius 2 is 1.70 bits per heavy atom. The lowest BCUT2D eigenvalue weighted by molar-refractivity contribution is 0.102. The topological polar surface area (TPSA) is 57.3 Å². The first kappa shape index (κ1) is 18.5. The molecular weight excluding hydrogens is 336 g/mol. The summed E-state index contributed by atoms with van der Waals surface area (Å²) in [5, 5.41) is 6.23. The lowest BCUT2D eigenvalue weighted by Gasteiger charge is -2.13. The molecule has 1 aromatic heterocycles. The van der Waals surface area contributed by atoms with Crippen LogP contribution in [0.5, 0.6) is 0 Å². The monoisotopic (exact) mass is 360 g/mol. The largest absolute Gasteiger partial charge is 0.385 e. The molecule has 0 fully saturated rings. The molecule has 5 nitrogen and oxygen atoms in total. The minimum atomic E-state index is -0.223. The van der Waals surface area contributed by atoms with Crippen molar-refractivity contribution in [1.82, 2.24) is 4.98 Å². The predicted molar refractivity (Wildman–Crippen MR) is 112 cm³/mol. The average Bonchev–Trinajstić information content (AvgIpc) is 2.69. The molecule has 1 amide bonds. The maximum atomic E-state index is 12.5. The number of aromatic nitrogens is 1. The quantitative estimate of drug-likeness (QED) is 0.667. The molecule has 5 heteroatoms. The number of rotatable bonds is 7. The molecular formula is C22H24N4O. The Labute approximate surface area is 160 Å². The van der Waals surface area contributed by atoms with E-state index in [1.165, 1.54) is 5.56 Å². The first-order chi connectivity index (χ1) is 13.1. The summed E-state index contributed by atoms with van der Waals surface area (Å²) < 4.78 is 0. The zero-order valence-corrected chi connectivity index (χ0v) is 15.6. The number of pyridine rings is 1. The third-order valence-corrected chi connectivity index (χ3v) is 4.22. The van der Waals surface area contributed by atoms with Crippen LogP contribution in [0.4, 0.5) is 17.1 Å². The fraction of sp³-hybridized carbons (Fsp3) is 0.182. The fourth-order valence-corrected chi connectivity index (χ4v) is 2.70. The van der Waals surface area contributed by atoms with Crippen LogP contribution in [0.1, 0.15) is 16.1 Å². The molecule has 0 spiro atoms. The van der Waals surface area contributed by atoms with Gasteiger partial charge in [-0.3, -0.25) is 9.78 Å². The van der Waals surface area contributed by atoms with Gasteiger partial charge in [-0.05, 0) is 48.4 Å². The van der Waals surface area contributed by atoms with Crippen LogP contribution in [-0.4, -0.2) is 31.5 Å². The van der Waals surface area contributed by atoms with Crippen molar-refractivity contribution in [2.24, 2.45) is 0 Å². The van der Waals surface area contributed by atoms with Gasteiger partial charge in [0.2, 0.25) is 0 Å². The molecule has 138 valence electrons. The zero-order chi connectivity index (χ0) is 19.1. The minimum Gasteiger partial charge on any atom is -0.385 e. The van der Waals surface area contributed by atoms with Crippen LogP contribution in [0.15, 0.2) is 72.9 Å². The molecule has 3 aromatic rings. The Morgan fingerprint density at radius 1 is 0.963 bits per heavy atom. The van der Waals surface area contributed by atoms with Crippen LogP contribution >= 0.6 is 0 Å². The molecule has 0 saturated heterocycles. The van der Waals surface area contributed by atoms with Crippen molar-refractivity contribution in [3.8, 4) is 0 Å². The number of hydrogen-bond acceptors (Lipinski definition) is 4. The zero-order valence-electron chi connectivity index (χ0n) is 15.6. The van der Waals surface area contributed by atoms with E-state index in [2.05, 4.69) is 27.8 Å². The number of carbonyl (C=O) groups is 1. The smallest absolute Gasteiger partial charge is 0.274 e. The van der Waals surface area contributed by atoms with E-state index < -0.39 is 0 Å². The summed E-state index contributed by atoms with van der Waals surface area (Å²) in [7, 11) is 3.96. The second kappa shape index (κ2) is 8.85. The Kier molecular flexibility index (Phi) is 6.05. The highest BCUT2D eigenvalue weighted by Crippen LogP contribution is 2.17. The summed E-state index contributed by atoms with van der Waals surface area (Å²) in [6.45, 7) is 0.793. The molecule has 0 bridgehead atoms. The lowest BCUT2D eigenvalue weighted by atomic mass is 10.1. The SMILES string of the molecule is CN(C)c1ccc(NC(=O)c2cc(NCCc3ccccc3)ccn2)cc1. The summed E-state index contributed by atoms with van der Waals surface area (Å²) in [5.41, 5.74) is 4.37. The average molecular weight is 360 g/mol. The van der Waals surface area contributed by atoms with Gasteiger partial charge in [0.1, 0.15) is 5.69 Å². The van der Waals surface area contributed by atoms with E-state index in [1.807, 2.05) is 67.5 Å². The van der Waals surface area contributed by atoms with Gasteiger partial charge in [0.15, 0.2) is 0 Å². The summed E-state index contributed by atoms with van der Waals surface area (Å²) in [6.07, 6.45) is 2.57. The number of carbonyl (C=O) groups excluding carboxylic acids is 1. The second-order valence-electron chi connectivity index (χ2n) is 6.49. The lowest BCUT2D eigenvalue weighted by Crippen LogP contribution is -2.15. The third-order valence-electron chi connectivity index (χ3n) is 4.22. The van der Waals surface area contributed by atoms with Crippen LogP contribution in [0.25, 0.3) is 0 Å². The molecule has 0 radical (unpaired) electrons. The number of amides is 1. The molecule has 0 aliphatic heterocycles. The highest BCUT2D eigenvalue weighted by molar-refractivity contribution is 6.03. The van der Waals surface area contributed by atoms with E-state index in [0.717, 1.165) is 30.0 Å². The van der Waals surface area contributed by atoms with Gasteiger partial charge < -0.3 is 15.5 Å². The van der Waals surface area contributed by atoms with Crippen molar-refractivity contribution in [3.63, 3.8) is 0 Å². The molecule has 0 unspecified atom stereocenters. The fourth-order valence-electron chi connectivity index (χ4n) is 2.70. The standard InChI is InChI=1S/C22H24N4O/c1-26(2)20-10-8-18(9-11-20)25-22(27)21-16-19(13-15-24-21)23-14-12-17-6-4-3-5-7-17/h3-11,13,15-16H,12,14H2,1-2H3,(H,23,24)(H,25,27). The Bertz CT molecular complexity index is 876. The summed E-state index contributed by atoms with van der Waals surface area (Å²) >= 11 is 0. The Balaban J connectivity index is 1.58. The maximum Gasteiger partial charge on any atom is 0.274 e. The van der Waals surface area contributed by atoms with Crippen LogP contribution in [0.3, 0.4) is 0 Å². The molecule has 0 atom stereocenters. The molecule has 2 N–H and O–H groups in total. The molecule has 3 rings (SSSR count). The van der Waals surface area contributed by atoms with Crippen molar-refractivity contribution in [2.75, 3.05) is 36.2 Å². The van der Waals surface area contributed by atoms with Gasteiger partial charge >= 0.3 is 0 Å². The van der Waals surface area contributed by atoms with E-state index in [0.29, 0.717) is 5.69 Å². The Hall–Kier alpha value is -3.34. The first-order valence-electron chi connectivity index (χ1n) is 8.94. The van der Waals surface area contributed by atoms with Crippen LogP contribution in [0, 0.1) is 0 Å². The molecule has 27 heavy (non-hydrogen) atoms. The van der Waals surface area contributed by atoms with E-state index in [1.54, 1.807) is 12.3 Å². The molecule has 1 heterocycles. The van der Waals surface area contributed by atoms with Crippen LogP contribution < -0.4 is 15.5 Å². The maximum absolute atomic E-state index is 12.5. The third kappa shape index (κ3) is 5.31. The van der Waals surface area contributed by atoms with Gasteiger partial charge in [-0.25, -0.2) is 0 Å². The molecule has 0 aliphatic rings. The van der Waals surface area contributed by atoms with Crippen LogP contribution in [-0.2, 0) is 6.42 Å². The van der Waals surface area contributed by atoms with E-state index in [9.17, 15) is 4.79 Å². The highest BCUT2D eigenvalue weighted by atomic mass is 16.1. The molecule has 0 aliphatic carbocycles. The first-order valence-corrected chi connectivity index (χ1v) is 8.94. The van der Waals surface area contributed by atoms with Gasteiger partial charge in [0.05, 0.1) is 0 Å². The summed E-state index contributed by atoms with van der Waals surface area (Å²) in [5.74, 6) is -0.223. The van der Waals surface area contributed by atoms with Gasteiger partial charge in [-0.2, -0.15) is 0 Å². The normalized spacial score (nSPS) is 10.3. The van der Waals surface area contributed by atoms with Crippen molar-refractivity contribution in [1.29, 1.82) is 0 Å². The summed E-state index contributed by atoms with van der Waals surface area (Å²) in [6, 6.07) is 21.6. The second-order valence-corrected chi connectivity index (χ2v) is 6.49. The predicted octanol–water partition coefficient (Wildman–Crippen LogP) is 4.05. The van der Waals surface area contributed by atoms with Gasteiger partial charge in [0, 0.05) is 43.9 Å².